The number of benzene rings is 3. The molecule has 4 rings (SSSR count). The third-order valence-electron chi connectivity index (χ3n) is 3.95. The highest BCUT2D eigenvalue weighted by molar-refractivity contribution is 7.22. The monoisotopic (exact) mass is 349 g/mol. The van der Waals surface area contributed by atoms with Crippen LogP contribution in [0.3, 0.4) is 0 Å². The molecule has 0 fully saturated rings. The van der Waals surface area contributed by atoms with E-state index in [4.69, 9.17) is 0 Å². The van der Waals surface area contributed by atoms with Crippen molar-refractivity contribution in [3.63, 3.8) is 0 Å². The Kier molecular flexibility index (Phi) is 3.74. The van der Waals surface area contributed by atoms with Gasteiger partial charge in [-0.05, 0) is 18.2 Å². The molecule has 0 spiro atoms. The minimum absolute atomic E-state index is 0.0925. The van der Waals surface area contributed by atoms with Crippen LogP contribution in [0, 0.1) is 0 Å². The van der Waals surface area contributed by atoms with Crippen molar-refractivity contribution in [2.24, 2.45) is 5.10 Å². The van der Waals surface area contributed by atoms with E-state index in [1.54, 1.807) is 24.2 Å². The second-order valence-electron chi connectivity index (χ2n) is 5.61. The molecule has 25 heavy (non-hydrogen) atoms. The lowest BCUT2D eigenvalue weighted by atomic mass is 10.0. The van der Waals surface area contributed by atoms with Gasteiger partial charge in [0.2, 0.25) is 5.13 Å². The van der Waals surface area contributed by atoms with E-state index in [1.165, 1.54) is 23.6 Å². The molecule has 0 bridgehead atoms. The first-order valence-electron chi connectivity index (χ1n) is 7.70. The topological polar surface area (TPSA) is 69.0 Å². The van der Waals surface area contributed by atoms with Crippen LogP contribution in [0.4, 0.5) is 5.13 Å². The molecule has 5 nitrogen and oxygen atoms in total. The van der Waals surface area contributed by atoms with Crippen molar-refractivity contribution in [3.8, 4) is 11.5 Å². The first-order chi connectivity index (χ1) is 12.1. The van der Waals surface area contributed by atoms with Crippen molar-refractivity contribution in [2.75, 3.05) is 12.1 Å². The van der Waals surface area contributed by atoms with Crippen LogP contribution in [0.5, 0.6) is 11.5 Å². The van der Waals surface area contributed by atoms with E-state index in [2.05, 4.69) is 10.1 Å². The van der Waals surface area contributed by atoms with Crippen LogP contribution in [0.25, 0.3) is 21.0 Å². The van der Waals surface area contributed by atoms with Crippen molar-refractivity contribution in [1.29, 1.82) is 0 Å². The van der Waals surface area contributed by atoms with Gasteiger partial charge >= 0.3 is 0 Å². The summed E-state index contributed by atoms with van der Waals surface area (Å²) < 4.78 is 1.09. The fourth-order valence-corrected chi connectivity index (χ4v) is 3.54. The molecule has 0 atom stereocenters. The van der Waals surface area contributed by atoms with Gasteiger partial charge in [0.25, 0.3) is 0 Å². The number of phenols is 2. The number of hydrazone groups is 1. The first kappa shape index (κ1) is 15.4. The quantitative estimate of drug-likeness (QED) is 0.328. The molecular weight excluding hydrogens is 334 g/mol. The number of hydrogen-bond acceptors (Lipinski definition) is 6. The molecule has 0 radical (unpaired) electrons. The van der Waals surface area contributed by atoms with Crippen molar-refractivity contribution in [1.82, 2.24) is 4.98 Å². The van der Waals surface area contributed by atoms with E-state index in [0.717, 1.165) is 15.3 Å². The zero-order chi connectivity index (χ0) is 17.4. The summed E-state index contributed by atoms with van der Waals surface area (Å²) in [6.07, 6.45) is 1.52. The van der Waals surface area contributed by atoms with Crippen LogP contribution in [0.2, 0.25) is 0 Å². The summed E-state index contributed by atoms with van der Waals surface area (Å²) in [6, 6.07) is 16.6. The Hall–Kier alpha value is -3.12. The van der Waals surface area contributed by atoms with Crippen LogP contribution in [0.1, 0.15) is 5.56 Å². The summed E-state index contributed by atoms with van der Waals surface area (Å²) >= 11 is 1.54. The third kappa shape index (κ3) is 2.77. The molecule has 0 unspecified atom stereocenters. The molecule has 1 aromatic heterocycles. The third-order valence-corrected chi connectivity index (χ3v) is 5.06. The van der Waals surface area contributed by atoms with Crippen molar-refractivity contribution >= 4 is 43.7 Å². The molecule has 3 aromatic carbocycles. The first-order valence-corrected chi connectivity index (χ1v) is 8.52. The van der Waals surface area contributed by atoms with E-state index in [0.29, 0.717) is 16.3 Å². The predicted octanol–water partition coefficient (Wildman–Crippen LogP) is 4.33. The van der Waals surface area contributed by atoms with Crippen LogP contribution in [-0.4, -0.2) is 28.5 Å². The van der Waals surface area contributed by atoms with Gasteiger partial charge in [-0.1, -0.05) is 47.7 Å². The molecular formula is C19H15N3O2S. The lowest BCUT2D eigenvalue weighted by Crippen LogP contribution is -2.08. The molecule has 1 heterocycles. The standard InChI is InChI=1S/C19H15N3O2S/c1-22(19-21-15-8-4-5-9-17(15)25-19)20-11-12-10-16(23)13-6-2-3-7-14(13)18(12)24/h2-11,23-24H,1H3. The molecule has 6 heteroatoms. The largest absolute Gasteiger partial charge is 0.507 e. The number of thiazole rings is 1. The maximum atomic E-state index is 10.4. The van der Waals surface area contributed by atoms with Gasteiger partial charge in [0.1, 0.15) is 11.5 Å². The molecule has 4 aromatic rings. The zero-order valence-corrected chi connectivity index (χ0v) is 14.2. The van der Waals surface area contributed by atoms with E-state index < -0.39 is 0 Å². The highest BCUT2D eigenvalue weighted by atomic mass is 32.1. The fraction of sp³-hybridized carbons (Fsp3) is 0.0526. The van der Waals surface area contributed by atoms with Crippen LogP contribution >= 0.6 is 11.3 Å². The summed E-state index contributed by atoms with van der Waals surface area (Å²) in [6.45, 7) is 0. The number of aromatic nitrogens is 1. The molecule has 0 amide bonds. The van der Waals surface area contributed by atoms with Gasteiger partial charge in [-0.2, -0.15) is 5.10 Å². The average molecular weight is 349 g/mol. The van der Waals surface area contributed by atoms with Gasteiger partial charge in [0.05, 0.1) is 16.4 Å². The van der Waals surface area contributed by atoms with Gasteiger partial charge in [0, 0.05) is 23.4 Å². The Morgan fingerprint density at radius 1 is 1.04 bits per heavy atom. The van der Waals surface area contributed by atoms with Crippen molar-refractivity contribution in [3.05, 3.63) is 60.2 Å². The summed E-state index contributed by atoms with van der Waals surface area (Å²) in [4.78, 5) is 4.53. The second-order valence-corrected chi connectivity index (χ2v) is 6.62. The SMILES string of the molecule is CN(N=Cc1cc(O)c2ccccc2c1O)c1nc2ccccc2s1. The highest BCUT2D eigenvalue weighted by Crippen LogP contribution is 2.34. The number of phenolic OH excluding ortho intramolecular Hbond substituents is 2. The number of nitrogens with zero attached hydrogens (tertiary/aromatic N) is 3. The van der Waals surface area contributed by atoms with Crippen LogP contribution in [0.15, 0.2) is 59.7 Å². The molecule has 0 aliphatic rings. The number of para-hydroxylation sites is 1. The number of hydrogen-bond donors (Lipinski definition) is 2. The lowest BCUT2D eigenvalue weighted by molar-refractivity contribution is 0.469. The molecule has 2 N–H and O–H groups in total. The van der Waals surface area contributed by atoms with Gasteiger partial charge in [-0.25, -0.2) is 9.99 Å². The fourth-order valence-electron chi connectivity index (χ4n) is 2.66. The van der Waals surface area contributed by atoms with Crippen LogP contribution < -0.4 is 5.01 Å². The Balaban J connectivity index is 1.69. The van der Waals surface area contributed by atoms with E-state index >= 15 is 0 Å². The molecule has 0 saturated heterocycles. The maximum Gasteiger partial charge on any atom is 0.206 e. The number of aromatic hydroxyl groups is 2. The summed E-state index contributed by atoms with van der Waals surface area (Å²) in [5.41, 5.74) is 1.37. The minimum atomic E-state index is 0.0925. The summed E-state index contributed by atoms with van der Waals surface area (Å²) in [5, 5.41) is 28.5. The number of fused-ring (bicyclic) bond motifs is 2. The van der Waals surface area contributed by atoms with Gasteiger partial charge < -0.3 is 10.2 Å². The Morgan fingerprint density at radius 2 is 1.76 bits per heavy atom. The second kappa shape index (κ2) is 6.07. The number of rotatable bonds is 3. The Morgan fingerprint density at radius 3 is 2.56 bits per heavy atom. The molecule has 124 valence electrons. The van der Waals surface area contributed by atoms with E-state index in [-0.39, 0.29) is 11.5 Å². The van der Waals surface area contributed by atoms with Gasteiger partial charge in [-0.15, -0.1) is 0 Å². The normalized spacial score (nSPS) is 11.6. The maximum absolute atomic E-state index is 10.4. The molecule has 0 saturated carbocycles. The highest BCUT2D eigenvalue weighted by Gasteiger charge is 2.10. The Bertz CT molecular complexity index is 1070. The summed E-state index contributed by atoms with van der Waals surface area (Å²) in [5.74, 6) is 0.201. The van der Waals surface area contributed by atoms with Crippen molar-refractivity contribution < 1.29 is 10.2 Å². The Labute approximate surface area is 148 Å². The molecule has 0 aliphatic heterocycles. The minimum Gasteiger partial charge on any atom is -0.507 e. The van der Waals surface area contributed by atoms with E-state index in [9.17, 15) is 10.2 Å². The van der Waals surface area contributed by atoms with Gasteiger partial charge in [0.15, 0.2) is 0 Å². The summed E-state index contributed by atoms with van der Waals surface area (Å²) in [7, 11) is 1.80. The van der Waals surface area contributed by atoms with Gasteiger partial charge in [-0.3, -0.25) is 0 Å². The van der Waals surface area contributed by atoms with E-state index in [1.807, 2.05) is 36.4 Å². The van der Waals surface area contributed by atoms with Crippen LogP contribution in [-0.2, 0) is 0 Å². The molecule has 0 aliphatic carbocycles. The number of anilines is 1. The lowest BCUT2D eigenvalue weighted by Gasteiger charge is -2.09. The smallest absolute Gasteiger partial charge is 0.206 e. The zero-order valence-electron chi connectivity index (χ0n) is 13.4. The average Bonchev–Trinajstić information content (AvgIpc) is 3.07. The van der Waals surface area contributed by atoms with Crippen molar-refractivity contribution in [2.45, 2.75) is 0 Å². The predicted molar refractivity (Wildman–Crippen MR) is 103 cm³/mol.